The number of hydrogen-bond acceptors (Lipinski definition) is 4. The number of benzene rings is 8. The Morgan fingerprint density at radius 2 is 1.38 bits per heavy atom. The molecule has 1 unspecified atom stereocenters. The van der Waals surface area contributed by atoms with Crippen molar-refractivity contribution in [3.8, 4) is 11.3 Å². The quantitative estimate of drug-likeness (QED) is 0.123. The molecule has 4 heterocycles. The number of anilines is 2. The maximum absolute atomic E-state index is 15.3. The molecule has 64 heavy (non-hydrogen) atoms. The van der Waals surface area contributed by atoms with Crippen molar-refractivity contribution < 1.29 is 36.1 Å². The molecule has 1 aliphatic rings. The number of hydrogen-bond donors (Lipinski definition) is 0. The molecule has 8 aromatic carbocycles. The van der Waals surface area contributed by atoms with Gasteiger partial charge in [-0.3, -0.25) is 4.39 Å². The van der Waals surface area contributed by atoms with E-state index in [1.165, 1.54) is 6.07 Å². The van der Waals surface area contributed by atoms with E-state index >= 15 is 4.39 Å². The van der Waals surface area contributed by atoms with Gasteiger partial charge in [0.15, 0.2) is 5.58 Å². The van der Waals surface area contributed by atoms with E-state index in [1.54, 1.807) is 0 Å². The molecular formula is C56H41FIrN3O2Si. The first-order valence-corrected chi connectivity index (χ1v) is 24.5. The molecule has 11 aromatic rings. The predicted molar refractivity (Wildman–Crippen MR) is 259 cm³/mol. The van der Waals surface area contributed by atoms with E-state index in [0.29, 0.717) is 27.7 Å². The fourth-order valence-electron chi connectivity index (χ4n) is 8.69. The molecule has 0 N–H and O–H groups in total. The van der Waals surface area contributed by atoms with Crippen LogP contribution in [0.4, 0.5) is 21.5 Å². The zero-order chi connectivity index (χ0) is 44.5. The van der Waals surface area contributed by atoms with Crippen molar-refractivity contribution in [1.29, 1.82) is 0 Å². The Hall–Kier alpha value is -6.83. The summed E-state index contributed by atoms with van der Waals surface area (Å²) in [7, 11) is -1.76. The van der Waals surface area contributed by atoms with Gasteiger partial charge in [-0.1, -0.05) is 140 Å². The topological polar surface area (TPSA) is 56.5 Å². The average molecular weight is 1030 g/mol. The van der Waals surface area contributed by atoms with Crippen LogP contribution in [0.25, 0.3) is 71.2 Å². The monoisotopic (exact) mass is 1030 g/mol. The molecule has 3 aromatic heterocycles. The average Bonchev–Trinajstić information content (AvgIpc) is 4.03. The number of pyridine rings is 1. The second kappa shape index (κ2) is 16.7. The molecule has 312 valence electrons. The van der Waals surface area contributed by atoms with E-state index in [1.807, 2.05) is 128 Å². The van der Waals surface area contributed by atoms with Crippen molar-refractivity contribution in [2.24, 2.45) is 0 Å². The summed E-state index contributed by atoms with van der Waals surface area (Å²) in [6, 6.07) is 61.0. The Bertz CT molecular complexity index is 3590. The van der Waals surface area contributed by atoms with Gasteiger partial charge >= 0.3 is 20.1 Å². The van der Waals surface area contributed by atoms with Crippen LogP contribution in [0, 0.1) is 17.9 Å². The van der Waals surface area contributed by atoms with Crippen molar-refractivity contribution in [3.63, 3.8) is 0 Å². The van der Waals surface area contributed by atoms with E-state index in [2.05, 4.69) is 84.1 Å². The molecule has 0 radical (unpaired) electrons. The number of furan rings is 2. The van der Waals surface area contributed by atoms with E-state index in [0.717, 1.165) is 77.2 Å². The van der Waals surface area contributed by atoms with E-state index in [9.17, 15) is 0 Å². The number of rotatable bonds is 6. The maximum atomic E-state index is 15.3. The second-order valence-electron chi connectivity index (χ2n) is 16.8. The molecule has 12 rings (SSSR count). The van der Waals surface area contributed by atoms with Crippen molar-refractivity contribution >= 4 is 85.0 Å². The molecule has 1 aliphatic heterocycles. The number of halogens is 1. The number of aromatic nitrogens is 1. The van der Waals surface area contributed by atoms with E-state index in [-0.39, 0.29) is 25.9 Å². The predicted octanol–water partition coefficient (Wildman–Crippen LogP) is 15.1. The van der Waals surface area contributed by atoms with Crippen LogP contribution in [0.2, 0.25) is 19.6 Å². The summed E-state index contributed by atoms with van der Waals surface area (Å²) in [5, 5.41) is 11.7. The Labute approximate surface area is 388 Å². The smallest absolute Gasteiger partial charge is 0.661 e. The molecular weight excluding hydrogens is 986 g/mol. The number of fused-ring (bicyclic) bond motifs is 8. The first kappa shape index (κ1) is 38.8. The molecule has 0 fully saturated rings. The van der Waals surface area contributed by atoms with Gasteiger partial charge in [0, 0.05) is 42.2 Å². The fraction of sp³-hybridized carbons (Fsp3) is 0.0893. The van der Waals surface area contributed by atoms with Gasteiger partial charge in [-0.25, -0.2) is 0 Å². The summed E-state index contributed by atoms with van der Waals surface area (Å²) in [5.41, 5.74) is 9.05. The second-order valence-corrected chi connectivity index (χ2v) is 21.8. The number of para-hydroxylation sites is 3. The molecule has 0 amide bonds. The van der Waals surface area contributed by atoms with Crippen LogP contribution in [0.15, 0.2) is 185 Å². The van der Waals surface area contributed by atoms with Gasteiger partial charge < -0.3 is 24.0 Å². The van der Waals surface area contributed by atoms with Gasteiger partial charge in [-0.15, -0.1) is 53.2 Å². The first-order valence-electron chi connectivity index (χ1n) is 22.0. The van der Waals surface area contributed by atoms with Crippen molar-refractivity contribution in [2.45, 2.75) is 32.2 Å². The molecule has 8 heteroatoms. The SMILES string of the molecule is Fc1c[c-]c(C2[N-]c3cc4ccccc4cc3N2c2cccc3c2oc2ccccc23)c2oc3ccccc3c12.[2H]C([2H])(c1ccccc1)c1cc(-c2[c-]cccc2)ncc1[Si](C)(C)C.[Ir+3]. The van der Waals surface area contributed by atoms with Crippen molar-refractivity contribution in [2.75, 3.05) is 4.90 Å². The molecule has 0 bridgehead atoms. The molecule has 1 atom stereocenters. The molecule has 0 aliphatic carbocycles. The summed E-state index contributed by atoms with van der Waals surface area (Å²) in [4.78, 5) is 6.79. The van der Waals surface area contributed by atoms with Crippen LogP contribution in [-0.2, 0) is 26.5 Å². The largest absolute Gasteiger partial charge is 3.00 e. The third kappa shape index (κ3) is 7.37. The third-order valence-corrected chi connectivity index (χ3v) is 13.7. The Morgan fingerprint density at radius 1 is 0.703 bits per heavy atom. The number of nitrogens with zero attached hydrogens (tertiary/aromatic N) is 3. The summed E-state index contributed by atoms with van der Waals surface area (Å²) in [5.74, 6) is -0.365. The minimum absolute atomic E-state index is 0. The summed E-state index contributed by atoms with van der Waals surface area (Å²) in [6.45, 7) is 6.68. The van der Waals surface area contributed by atoms with Gasteiger partial charge in [0.1, 0.15) is 11.2 Å². The van der Waals surface area contributed by atoms with Gasteiger partial charge in [0.2, 0.25) is 0 Å². The van der Waals surface area contributed by atoms with Crippen molar-refractivity contribution in [1.82, 2.24) is 4.98 Å². The van der Waals surface area contributed by atoms with Crippen LogP contribution in [0.5, 0.6) is 0 Å². The summed E-state index contributed by atoms with van der Waals surface area (Å²) >= 11 is 0. The normalized spacial score (nSPS) is 14.2. The molecule has 0 spiro atoms. The van der Waals surface area contributed by atoms with E-state index < -0.39 is 20.6 Å². The maximum Gasteiger partial charge on any atom is 3.00 e. The minimum atomic E-state index is -1.76. The summed E-state index contributed by atoms with van der Waals surface area (Å²) < 4.78 is 45.7. The molecule has 5 nitrogen and oxygen atoms in total. The molecule has 0 saturated carbocycles. The Kier molecular flexibility index (Phi) is 10.1. The minimum Gasteiger partial charge on any atom is -0.661 e. The van der Waals surface area contributed by atoms with Gasteiger partial charge in [0.05, 0.1) is 13.8 Å². The zero-order valence-electron chi connectivity index (χ0n) is 37.2. The van der Waals surface area contributed by atoms with E-state index in [4.69, 9.17) is 16.9 Å². The van der Waals surface area contributed by atoms with Gasteiger partial charge in [-0.05, 0) is 69.4 Å². The molecule has 0 saturated heterocycles. The summed E-state index contributed by atoms with van der Waals surface area (Å²) in [6.07, 6.45) is -0.240. The van der Waals surface area contributed by atoms with Crippen LogP contribution in [0.3, 0.4) is 0 Å². The first-order chi connectivity index (χ1) is 31.5. The third-order valence-electron chi connectivity index (χ3n) is 11.7. The van der Waals surface area contributed by atoms with Crippen LogP contribution in [0.1, 0.15) is 25.6 Å². The van der Waals surface area contributed by atoms with Gasteiger partial charge in [0.25, 0.3) is 0 Å². The fourth-order valence-corrected chi connectivity index (χ4v) is 10.1. The zero-order valence-corrected chi connectivity index (χ0v) is 38.6. The van der Waals surface area contributed by atoms with Crippen LogP contribution in [-0.4, -0.2) is 13.1 Å². The van der Waals surface area contributed by atoms with Crippen LogP contribution < -0.4 is 10.1 Å². The van der Waals surface area contributed by atoms with Crippen LogP contribution >= 0.6 is 0 Å². The van der Waals surface area contributed by atoms with Crippen molar-refractivity contribution in [3.05, 3.63) is 216 Å². The Balaban J connectivity index is 0.000000171. The Morgan fingerprint density at radius 3 is 2.14 bits per heavy atom. The van der Waals surface area contributed by atoms with Gasteiger partial charge in [-0.2, -0.15) is 6.07 Å². The standard InChI is InChI=1S/C35H19FN2O2.C21H22NSi.Ir/c36-26-17-16-25(34-32(26)24-11-4-6-15-31(24)40-34)35-37-27-18-20-8-1-2-9-21(20)19-29(27)38(35)28-13-7-12-23-22-10-3-5-14-30(22)39-33(23)28;1-23(2,3)21-16-22-20(18-12-8-5-9-13-18)15-19(21)14-17-10-6-4-7-11-17;/h1-15,17-19,35H;4-12,15-16H,14H2,1-3H3;/q-2;-1;+3/i;14D2;.